The van der Waals surface area contributed by atoms with Crippen molar-refractivity contribution in [2.24, 2.45) is 0 Å². The summed E-state index contributed by atoms with van der Waals surface area (Å²) < 4.78 is 5.33. The molecule has 0 spiro atoms. The van der Waals surface area contributed by atoms with Crippen molar-refractivity contribution in [1.82, 2.24) is 15.5 Å². The Morgan fingerprint density at radius 2 is 1.65 bits per heavy atom. The number of hydrogen-bond acceptors (Lipinski definition) is 4. The summed E-state index contributed by atoms with van der Waals surface area (Å²) in [6, 6.07) is 4.08. The molecule has 0 aliphatic carbocycles. The van der Waals surface area contributed by atoms with Crippen molar-refractivity contribution >= 4 is 17.9 Å². The highest BCUT2D eigenvalue weighted by atomic mass is 16.6. The third-order valence-electron chi connectivity index (χ3n) is 5.59. The fourth-order valence-electron chi connectivity index (χ4n) is 3.75. The van der Waals surface area contributed by atoms with Crippen LogP contribution in [0.1, 0.15) is 97.4 Å². The van der Waals surface area contributed by atoms with Crippen LogP contribution in [-0.4, -0.2) is 46.5 Å². The molecule has 7 heteroatoms. The van der Waals surface area contributed by atoms with Crippen molar-refractivity contribution in [2.45, 2.75) is 112 Å². The average Bonchev–Trinajstić information content (AvgIpc) is 2.68. The highest BCUT2D eigenvalue weighted by molar-refractivity contribution is 5.92. The van der Waals surface area contributed by atoms with Gasteiger partial charge in [-0.3, -0.25) is 9.59 Å². The lowest BCUT2D eigenvalue weighted by Crippen LogP contribution is -2.58. The van der Waals surface area contributed by atoms with Crippen molar-refractivity contribution < 1.29 is 19.1 Å². The third-order valence-corrected chi connectivity index (χ3v) is 5.59. The minimum atomic E-state index is -0.880. The number of nitrogens with one attached hydrogen (secondary N) is 2. The first-order valence-corrected chi connectivity index (χ1v) is 12.3. The Hall–Kier alpha value is -2.57. The van der Waals surface area contributed by atoms with Gasteiger partial charge in [-0.25, -0.2) is 4.79 Å². The van der Waals surface area contributed by atoms with Crippen molar-refractivity contribution in [3.05, 3.63) is 34.9 Å². The van der Waals surface area contributed by atoms with E-state index >= 15 is 0 Å². The van der Waals surface area contributed by atoms with Crippen LogP contribution in [0.3, 0.4) is 0 Å². The number of carbonyl (C=O) groups is 3. The zero-order valence-corrected chi connectivity index (χ0v) is 22.8. The van der Waals surface area contributed by atoms with Gasteiger partial charge < -0.3 is 20.3 Å². The molecule has 0 saturated carbocycles. The zero-order valence-electron chi connectivity index (χ0n) is 22.8. The van der Waals surface area contributed by atoms with Crippen LogP contribution in [0.5, 0.6) is 0 Å². The molecule has 0 aromatic heterocycles. The summed E-state index contributed by atoms with van der Waals surface area (Å²) in [5.74, 6) is -0.578. The summed E-state index contributed by atoms with van der Waals surface area (Å²) in [5.41, 5.74) is 1.41. The Kier molecular flexibility index (Phi) is 10.6. The maximum Gasteiger partial charge on any atom is 0.408 e. The van der Waals surface area contributed by atoms with E-state index in [2.05, 4.69) is 17.6 Å². The van der Waals surface area contributed by atoms with Crippen LogP contribution in [0.2, 0.25) is 0 Å². The van der Waals surface area contributed by atoms with Gasteiger partial charge in [-0.1, -0.05) is 38.0 Å². The number of carbonyl (C=O) groups excluding carboxylic acids is 3. The Labute approximate surface area is 206 Å². The maximum atomic E-state index is 13.8. The quantitative estimate of drug-likeness (QED) is 0.481. The Morgan fingerprint density at radius 3 is 2.18 bits per heavy atom. The van der Waals surface area contributed by atoms with Crippen LogP contribution >= 0.6 is 0 Å². The van der Waals surface area contributed by atoms with Crippen LogP contribution in [0, 0.1) is 13.8 Å². The number of alkyl carbamates (subject to hydrolysis) is 1. The molecule has 0 aliphatic rings. The molecule has 1 aromatic carbocycles. The smallest absolute Gasteiger partial charge is 0.408 e. The minimum absolute atomic E-state index is 0.224. The summed E-state index contributed by atoms with van der Waals surface area (Å²) in [4.78, 5) is 41.3. The van der Waals surface area contributed by atoms with Crippen LogP contribution in [-0.2, 0) is 14.3 Å². The van der Waals surface area contributed by atoms with Gasteiger partial charge in [-0.2, -0.15) is 0 Å². The molecule has 7 nitrogen and oxygen atoms in total. The molecular formula is C27H45N3O4. The van der Waals surface area contributed by atoms with Gasteiger partial charge in [0.25, 0.3) is 0 Å². The number of benzene rings is 1. The first kappa shape index (κ1) is 29.5. The fraction of sp³-hybridized carbons (Fsp3) is 0.667. The van der Waals surface area contributed by atoms with Gasteiger partial charge in [-0.05, 0) is 85.4 Å². The number of ether oxygens (including phenoxy) is 1. The molecule has 2 unspecified atom stereocenters. The fourth-order valence-corrected chi connectivity index (χ4v) is 3.75. The molecule has 0 heterocycles. The summed E-state index contributed by atoms with van der Waals surface area (Å²) >= 11 is 0. The van der Waals surface area contributed by atoms with E-state index in [1.807, 2.05) is 52.8 Å². The first-order valence-electron chi connectivity index (χ1n) is 12.3. The topological polar surface area (TPSA) is 87.7 Å². The van der Waals surface area contributed by atoms with Crippen LogP contribution in [0.15, 0.2) is 18.2 Å². The minimum Gasteiger partial charge on any atom is -0.444 e. The number of aryl methyl sites for hydroxylation is 1. The SMILES string of the molecule is CCCCCNC(=O)C(c1cccc(C)c1C)N(C(=O)C(C)NC(=O)OC(C)(C)C)C(C)(C)C. The number of nitrogens with zero attached hydrogens (tertiary/aromatic N) is 1. The summed E-state index contributed by atoms with van der Waals surface area (Å²) in [6.07, 6.45) is 2.28. The number of rotatable bonds is 9. The van der Waals surface area contributed by atoms with Crippen molar-refractivity contribution in [1.29, 1.82) is 0 Å². The summed E-state index contributed by atoms with van der Waals surface area (Å²) in [6.45, 7) is 19.2. The molecule has 1 rings (SSSR count). The van der Waals surface area contributed by atoms with Gasteiger partial charge in [0.15, 0.2) is 0 Å². The molecular weight excluding hydrogens is 430 g/mol. The summed E-state index contributed by atoms with van der Waals surface area (Å²) in [7, 11) is 0. The molecule has 192 valence electrons. The Balaban J connectivity index is 3.40. The monoisotopic (exact) mass is 475 g/mol. The second-order valence-corrected chi connectivity index (χ2v) is 10.9. The standard InChI is InChI=1S/C27H45N3O4/c1-11-12-13-17-28-23(31)22(21-16-14-15-18(2)19(21)3)30(26(5,6)7)24(32)20(4)29-25(33)34-27(8,9)10/h14-16,20,22H,11-13,17H2,1-10H3,(H,28,31)(H,29,33). The molecule has 0 fully saturated rings. The van der Waals surface area contributed by atoms with Gasteiger partial charge in [-0.15, -0.1) is 0 Å². The van der Waals surface area contributed by atoms with Crippen molar-refractivity contribution in [3.63, 3.8) is 0 Å². The largest absolute Gasteiger partial charge is 0.444 e. The van der Waals surface area contributed by atoms with E-state index in [0.717, 1.165) is 36.0 Å². The predicted octanol–water partition coefficient (Wildman–Crippen LogP) is 5.19. The normalized spacial score (nSPS) is 13.6. The van der Waals surface area contributed by atoms with E-state index in [1.54, 1.807) is 32.6 Å². The molecule has 2 N–H and O–H groups in total. The molecule has 34 heavy (non-hydrogen) atoms. The van der Waals surface area contributed by atoms with E-state index in [1.165, 1.54) is 0 Å². The molecule has 0 radical (unpaired) electrons. The highest BCUT2D eigenvalue weighted by Crippen LogP contribution is 2.32. The third kappa shape index (κ3) is 8.65. The lowest BCUT2D eigenvalue weighted by molar-refractivity contribution is -0.148. The molecule has 2 atom stereocenters. The van der Waals surface area contributed by atoms with Gasteiger partial charge in [0, 0.05) is 12.1 Å². The van der Waals surface area contributed by atoms with Gasteiger partial charge in [0.2, 0.25) is 11.8 Å². The molecule has 1 aromatic rings. The van der Waals surface area contributed by atoms with Crippen molar-refractivity contribution in [3.8, 4) is 0 Å². The van der Waals surface area contributed by atoms with E-state index in [0.29, 0.717) is 6.54 Å². The highest BCUT2D eigenvalue weighted by Gasteiger charge is 2.41. The van der Waals surface area contributed by atoms with Crippen molar-refractivity contribution in [2.75, 3.05) is 6.54 Å². The molecule has 0 saturated heterocycles. The molecule has 3 amide bonds. The van der Waals surface area contributed by atoms with Crippen LogP contribution < -0.4 is 10.6 Å². The van der Waals surface area contributed by atoms with Gasteiger partial charge in [0.1, 0.15) is 17.7 Å². The number of hydrogen-bond donors (Lipinski definition) is 2. The summed E-state index contributed by atoms with van der Waals surface area (Å²) in [5, 5.41) is 5.67. The molecule has 0 aliphatic heterocycles. The van der Waals surface area contributed by atoms with Gasteiger partial charge in [0.05, 0.1) is 0 Å². The lowest BCUT2D eigenvalue weighted by Gasteiger charge is -2.43. The number of unbranched alkanes of at least 4 members (excludes halogenated alkanes) is 2. The maximum absolute atomic E-state index is 13.8. The van der Waals surface area contributed by atoms with E-state index < -0.39 is 29.3 Å². The molecule has 0 bridgehead atoms. The van der Waals surface area contributed by atoms with E-state index in [-0.39, 0.29) is 11.8 Å². The average molecular weight is 476 g/mol. The van der Waals surface area contributed by atoms with E-state index in [9.17, 15) is 14.4 Å². The van der Waals surface area contributed by atoms with E-state index in [4.69, 9.17) is 4.74 Å². The Morgan fingerprint density at radius 1 is 1.03 bits per heavy atom. The second kappa shape index (κ2) is 12.2. The first-order chi connectivity index (χ1) is 15.6. The van der Waals surface area contributed by atoms with Crippen LogP contribution in [0.4, 0.5) is 4.79 Å². The second-order valence-electron chi connectivity index (χ2n) is 10.9. The Bertz CT molecular complexity index is 852. The van der Waals surface area contributed by atoms with Crippen LogP contribution in [0.25, 0.3) is 0 Å². The van der Waals surface area contributed by atoms with Gasteiger partial charge >= 0.3 is 6.09 Å². The lowest BCUT2D eigenvalue weighted by atomic mass is 9.91. The predicted molar refractivity (Wildman–Crippen MR) is 137 cm³/mol. The number of amides is 3. The zero-order chi connectivity index (χ0) is 26.3.